The first-order chi connectivity index (χ1) is 12.1. The summed E-state index contributed by atoms with van der Waals surface area (Å²) in [7, 11) is 1.53. The molecule has 0 spiro atoms. The first-order valence-electron chi connectivity index (χ1n) is 8.37. The fraction of sp³-hybridized carbons (Fsp3) is 0.500. The Morgan fingerprint density at radius 1 is 1.32 bits per heavy atom. The second-order valence-electron chi connectivity index (χ2n) is 5.84. The number of amides is 2. The quantitative estimate of drug-likeness (QED) is 0.557. The van der Waals surface area contributed by atoms with E-state index in [9.17, 15) is 14.4 Å². The van der Waals surface area contributed by atoms with E-state index in [1.54, 1.807) is 4.90 Å². The van der Waals surface area contributed by atoms with Crippen LogP contribution in [0.15, 0.2) is 24.3 Å². The van der Waals surface area contributed by atoms with Crippen molar-refractivity contribution in [2.75, 3.05) is 38.3 Å². The predicted molar refractivity (Wildman–Crippen MR) is 92.1 cm³/mol. The standard InChI is InChI=1S/C18H24N2O5/c1-3-13-6-4-5-7-15(13)20-11-14(10-17(20)22)18(23)25-12-16(21)19-8-9-24-2/h4-7,14H,3,8-12H2,1-2H3,(H,19,21)/t14-/m0/s1. The van der Waals surface area contributed by atoms with E-state index in [-0.39, 0.29) is 31.4 Å². The number of hydrogen-bond donors (Lipinski definition) is 1. The molecule has 0 saturated carbocycles. The van der Waals surface area contributed by atoms with Gasteiger partial charge in [-0.05, 0) is 18.1 Å². The molecule has 2 rings (SSSR count). The van der Waals surface area contributed by atoms with Crippen molar-refractivity contribution in [1.29, 1.82) is 0 Å². The molecule has 1 aromatic carbocycles. The molecule has 0 aliphatic carbocycles. The zero-order valence-electron chi connectivity index (χ0n) is 14.6. The summed E-state index contributed by atoms with van der Waals surface area (Å²) >= 11 is 0. The lowest BCUT2D eigenvalue weighted by Crippen LogP contribution is -2.33. The second kappa shape index (κ2) is 9.17. The van der Waals surface area contributed by atoms with Crippen molar-refractivity contribution in [3.05, 3.63) is 29.8 Å². The number of nitrogens with zero attached hydrogens (tertiary/aromatic N) is 1. The average Bonchev–Trinajstić information content (AvgIpc) is 3.01. The van der Waals surface area contributed by atoms with Gasteiger partial charge < -0.3 is 19.7 Å². The largest absolute Gasteiger partial charge is 0.455 e. The molecule has 1 fully saturated rings. The molecule has 1 heterocycles. The normalized spacial score (nSPS) is 16.8. The van der Waals surface area contributed by atoms with Crippen LogP contribution in [0.2, 0.25) is 0 Å². The third-order valence-electron chi connectivity index (χ3n) is 4.10. The molecule has 0 aromatic heterocycles. The molecule has 7 nitrogen and oxygen atoms in total. The molecule has 1 atom stereocenters. The highest BCUT2D eigenvalue weighted by molar-refractivity contribution is 6.00. The van der Waals surface area contributed by atoms with Crippen LogP contribution in [-0.4, -0.2) is 51.2 Å². The third-order valence-corrected chi connectivity index (χ3v) is 4.10. The molecule has 0 radical (unpaired) electrons. The molecule has 1 aliphatic rings. The lowest BCUT2D eigenvalue weighted by atomic mass is 10.1. The summed E-state index contributed by atoms with van der Waals surface area (Å²) in [5.74, 6) is -1.56. The van der Waals surface area contributed by atoms with Crippen LogP contribution in [0.5, 0.6) is 0 Å². The summed E-state index contributed by atoms with van der Waals surface area (Å²) in [5, 5.41) is 2.57. The Hall–Kier alpha value is -2.41. The number of carbonyl (C=O) groups is 3. The summed E-state index contributed by atoms with van der Waals surface area (Å²) in [6, 6.07) is 7.65. The molecule has 1 aliphatic heterocycles. The topological polar surface area (TPSA) is 84.9 Å². The number of anilines is 1. The van der Waals surface area contributed by atoms with Crippen molar-refractivity contribution in [2.24, 2.45) is 5.92 Å². The molecule has 7 heteroatoms. The zero-order chi connectivity index (χ0) is 18.2. The minimum absolute atomic E-state index is 0.0994. The number of hydrogen-bond acceptors (Lipinski definition) is 5. The molecule has 1 N–H and O–H groups in total. The highest BCUT2D eigenvalue weighted by Crippen LogP contribution is 2.28. The Labute approximate surface area is 147 Å². The SMILES string of the molecule is CCc1ccccc1N1C[C@@H](C(=O)OCC(=O)NCCOC)CC1=O. The third kappa shape index (κ3) is 5.03. The predicted octanol–water partition coefficient (Wildman–Crippen LogP) is 0.908. The fourth-order valence-corrected chi connectivity index (χ4v) is 2.77. The van der Waals surface area contributed by atoms with E-state index in [1.807, 2.05) is 31.2 Å². The smallest absolute Gasteiger partial charge is 0.311 e. The van der Waals surface area contributed by atoms with E-state index in [2.05, 4.69) is 5.32 Å². The molecule has 1 aromatic rings. The minimum atomic E-state index is -0.552. The van der Waals surface area contributed by atoms with Gasteiger partial charge in [0.25, 0.3) is 5.91 Å². The fourth-order valence-electron chi connectivity index (χ4n) is 2.77. The number of esters is 1. The van der Waals surface area contributed by atoms with Crippen molar-refractivity contribution in [3.8, 4) is 0 Å². The van der Waals surface area contributed by atoms with Gasteiger partial charge in [-0.15, -0.1) is 0 Å². The Kier molecular flexibility index (Phi) is 6.94. The van der Waals surface area contributed by atoms with Gasteiger partial charge in [0.15, 0.2) is 6.61 Å². The van der Waals surface area contributed by atoms with Gasteiger partial charge in [-0.3, -0.25) is 14.4 Å². The van der Waals surface area contributed by atoms with Crippen LogP contribution >= 0.6 is 0 Å². The van der Waals surface area contributed by atoms with Crippen LogP contribution in [-0.2, 0) is 30.3 Å². The monoisotopic (exact) mass is 348 g/mol. The Morgan fingerprint density at radius 2 is 2.08 bits per heavy atom. The number of nitrogens with one attached hydrogen (secondary N) is 1. The van der Waals surface area contributed by atoms with Crippen molar-refractivity contribution in [3.63, 3.8) is 0 Å². The Balaban J connectivity index is 1.89. The van der Waals surface area contributed by atoms with Crippen LogP contribution in [0.3, 0.4) is 0 Å². The van der Waals surface area contributed by atoms with E-state index in [4.69, 9.17) is 9.47 Å². The highest BCUT2D eigenvalue weighted by atomic mass is 16.5. The summed E-state index contributed by atoms with van der Waals surface area (Å²) in [5.41, 5.74) is 1.89. The summed E-state index contributed by atoms with van der Waals surface area (Å²) in [6.45, 7) is 2.70. The second-order valence-corrected chi connectivity index (χ2v) is 5.84. The molecule has 0 unspecified atom stereocenters. The first kappa shape index (κ1) is 18.9. The van der Waals surface area contributed by atoms with Gasteiger partial charge in [0.05, 0.1) is 12.5 Å². The maximum absolute atomic E-state index is 12.3. The number of para-hydroxylation sites is 1. The van der Waals surface area contributed by atoms with Gasteiger partial charge in [-0.2, -0.15) is 0 Å². The number of methoxy groups -OCH3 is 1. The van der Waals surface area contributed by atoms with Crippen molar-refractivity contribution in [2.45, 2.75) is 19.8 Å². The van der Waals surface area contributed by atoms with Crippen molar-refractivity contribution < 1.29 is 23.9 Å². The van der Waals surface area contributed by atoms with Crippen LogP contribution in [0.25, 0.3) is 0 Å². The number of aryl methyl sites for hydroxylation is 1. The molecular formula is C18H24N2O5. The molecule has 2 amide bonds. The van der Waals surface area contributed by atoms with Gasteiger partial charge in [-0.25, -0.2) is 0 Å². The van der Waals surface area contributed by atoms with Gasteiger partial charge in [0.1, 0.15) is 0 Å². The molecule has 1 saturated heterocycles. The average molecular weight is 348 g/mol. The van der Waals surface area contributed by atoms with E-state index in [1.165, 1.54) is 7.11 Å². The summed E-state index contributed by atoms with van der Waals surface area (Å²) < 4.78 is 9.85. The van der Waals surface area contributed by atoms with Crippen LogP contribution < -0.4 is 10.2 Å². The molecule has 0 bridgehead atoms. The summed E-state index contributed by atoms with van der Waals surface area (Å²) in [4.78, 5) is 37.6. The number of ether oxygens (including phenoxy) is 2. The van der Waals surface area contributed by atoms with E-state index >= 15 is 0 Å². The lowest BCUT2D eigenvalue weighted by Gasteiger charge is -2.19. The molecule has 136 valence electrons. The number of rotatable bonds is 8. The van der Waals surface area contributed by atoms with Crippen molar-refractivity contribution in [1.82, 2.24) is 5.32 Å². The van der Waals surface area contributed by atoms with Crippen LogP contribution in [0.1, 0.15) is 18.9 Å². The Morgan fingerprint density at radius 3 is 2.80 bits per heavy atom. The van der Waals surface area contributed by atoms with Gasteiger partial charge >= 0.3 is 5.97 Å². The van der Waals surface area contributed by atoms with Gasteiger partial charge in [0, 0.05) is 32.3 Å². The van der Waals surface area contributed by atoms with Gasteiger partial charge in [0.2, 0.25) is 5.91 Å². The number of carbonyl (C=O) groups excluding carboxylic acids is 3. The molecule has 25 heavy (non-hydrogen) atoms. The van der Waals surface area contributed by atoms with Crippen LogP contribution in [0.4, 0.5) is 5.69 Å². The minimum Gasteiger partial charge on any atom is -0.455 e. The van der Waals surface area contributed by atoms with E-state index < -0.39 is 11.9 Å². The van der Waals surface area contributed by atoms with Crippen LogP contribution in [0, 0.1) is 5.92 Å². The number of benzene rings is 1. The van der Waals surface area contributed by atoms with Crippen molar-refractivity contribution >= 4 is 23.5 Å². The Bertz CT molecular complexity index is 632. The maximum Gasteiger partial charge on any atom is 0.311 e. The van der Waals surface area contributed by atoms with E-state index in [0.717, 1.165) is 17.7 Å². The van der Waals surface area contributed by atoms with E-state index in [0.29, 0.717) is 13.2 Å². The maximum atomic E-state index is 12.3. The van der Waals surface area contributed by atoms with Gasteiger partial charge in [-0.1, -0.05) is 25.1 Å². The first-order valence-corrected chi connectivity index (χ1v) is 8.37. The molecular weight excluding hydrogens is 324 g/mol. The zero-order valence-corrected chi connectivity index (χ0v) is 14.6. The summed E-state index contributed by atoms with van der Waals surface area (Å²) in [6.07, 6.45) is 0.902. The highest BCUT2D eigenvalue weighted by Gasteiger charge is 2.36. The lowest BCUT2D eigenvalue weighted by molar-refractivity contribution is -0.152.